The summed E-state index contributed by atoms with van der Waals surface area (Å²) in [4.78, 5) is 28.4. The van der Waals surface area contributed by atoms with Crippen LogP contribution in [0, 0.1) is 6.92 Å². The molecule has 0 saturated carbocycles. The maximum atomic E-state index is 13.9. The second kappa shape index (κ2) is 12.6. The maximum Gasteiger partial charge on any atom is 0.244 e. The summed E-state index contributed by atoms with van der Waals surface area (Å²) in [7, 11) is -2.34. The first-order valence-corrected chi connectivity index (χ1v) is 14.5. The summed E-state index contributed by atoms with van der Waals surface area (Å²) in [6.07, 6.45) is 1.30. The van der Waals surface area contributed by atoms with E-state index in [0.29, 0.717) is 16.3 Å². The molecule has 3 aromatic carbocycles. The Morgan fingerprint density at radius 3 is 2.30 bits per heavy atom. The van der Waals surface area contributed by atoms with Crippen molar-refractivity contribution in [3.05, 3.63) is 99.0 Å². The summed E-state index contributed by atoms with van der Waals surface area (Å²) >= 11 is 9.61. The molecule has 2 amide bonds. The molecule has 0 aliphatic carbocycles. The van der Waals surface area contributed by atoms with Gasteiger partial charge in [-0.3, -0.25) is 13.9 Å². The number of carbonyl (C=O) groups excluding carboxylic acids is 2. The predicted molar refractivity (Wildman–Crippen MR) is 151 cm³/mol. The summed E-state index contributed by atoms with van der Waals surface area (Å²) < 4.78 is 27.5. The molecule has 7 nitrogen and oxygen atoms in total. The van der Waals surface area contributed by atoms with Gasteiger partial charge in [0.15, 0.2) is 0 Å². The number of amides is 2. The third-order valence-corrected chi connectivity index (χ3v) is 7.73. The zero-order valence-electron chi connectivity index (χ0n) is 20.8. The number of benzene rings is 3. The van der Waals surface area contributed by atoms with Crippen LogP contribution < -0.4 is 9.62 Å². The first-order chi connectivity index (χ1) is 17.5. The van der Waals surface area contributed by atoms with E-state index in [-0.39, 0.29) is 18.9 Å². The quantitative estimate of drug-likeness (QED) is 0.367. The van der Waals surface area contributed by atoms with E-state index in [1.807, 2.05) is 54.6 Å². The van der Waals surface area contributed by atoms with E-state index in [2.05, 4.69) is 21.2 Å². The highest BCUT2D eigenvalue weighted by Crippen LogP contribution is 2.27. The second-order valence-corrected chi connectivity index (χ2v) is 11.9. The van der Waals surface area contributed by atoms with E-state index in [4.69, 9.17) is 11.6 Å². The Morgan fingerprint density at radius 2 is 1.68 bits per heavy atom. The van der Waals surface area contributed by atoms with Gasteiger partial charge < -0.3 is 10.2 Å². The van der Waals surface area contributed by atoms with Crippen LogP contribution in [0.3, 0.4) is 0 Å². The van der Waals surface area contributed by atoms with Crippen LogP contribution in [0.25, 0.3) is 0 Å². The average Bonchev–Trinajstić information content (AvgIpc) is 2.85. The fraction of sp³-hybridized carbons (Fsp3) is 0.259. The van der Waals surface area contributed by atoms with Crippen molar-refractivity contribution in [3.63, 3.8) is 0 Å². The number of likely N-dealkylation sites (N-methyl/N-ethyl adjacent to an activating group) is 1. The van der Waals surface area contributed by atoms with E-state index in [0.717, 1.165) is 26.2 Å². The van der Waals surface area contributed by atoms with Gasteiger partial charge >= 0.3 is 0 Å². The van der Waals surface area contributed by atoms with E-state index in [1.165, 1.54) is 18.0 Å². The first kappa shape index (κ1) is 28.7. The lowest BCUT2D eigenvalue weighted by Crippen LogP contribution is -2.53. The van der Waals surface area contributed by atoms with Crippen molar-refractivity contribution in [1.82, 2.24) is 10.2 Å². The normalized spacial score (nSPS) is 12.0. The van der Waals surface area contributed by atoms with Crippen molar-refractivity contribution >= 4 is 55.1 Å². The average molecular weight is 607 g/mol. The highest BCUT2D eigenvalue weighted by molar-refractivity contribution is 9.10. The third-order valence-electron chi connectivity index (χ3n) is 5.88. The Balaban J connectivity index is 2.06. The second-order valence-electron chi connectivity index (χ2n) is 8.67. The summed E-state index contributed by atoms with van der Waals surface area (Å²) in [6, 6.07) is 20.8. The number of sulfonamides is 1. The molecule has 0 fully saturated rings. The van der Waals surface area contributed by atoms with Crippen molar-refractivity contribution in [2.75, 3.05) is 24.2 Å². The van der Waals surface area contributed by atoms with Gasteiger partial charge in [-0.2, -0.15) is 0 Å². The number of halogens is 2. The van der Waals surface area contributed by atoms with Crippen LogP contribution in [0.2, 0.25) is 5.02 Å². The molecular weight excluding hydrogens is 578 g/mol. The zero-order valence-corrected chi connectivity index (χ0v) is 24.0. The molecule has 1 atom stereocenters. The van der Waals surface area contributed by atoms with Gasteiger partial charge in [0.25, 0.3) is 0 Å². The molecule has 3 aromatic rings. The van der Waals surface area contributed by atoms with Gasteiger partial charge in [0, 0.05) is 29.5 Å². The molecule has 0 radical (unpaired) electrons. The number of rotatable bonds is 10. The van der Waals surface area contributed by atoms with Crippen LogP contribution in [-0.4, -0.2) is 51.0 Å². The Hall–Kier alpha value is -2.88. The highest BCUT2D eigenvalue weighted by atomic mass is 79.9. The molecule has 1 N–H and O–H groups in total. The monoisotopic (exact) mass is 605 g/mol. The van der Waals surface area contributed by atoms with Gasteiger partial charge in [-0.25, -0.2) is 8.42 Å². The lowest BCUT2D eigenvalue weighted by atomic mass is 10.0. The summed E-state index contributed by atoms with van der Waals surface area (Å²) in [5.41, 5.74) is 2.61. The van der Waals surface area contributed by atoms with Crippen LogP contribution in [-0.2, 0) is 32.6 Å². The van der Waals surface area contributed by atoms with Crippen molar-refractivity contribution in [3.8, 4) is 0 Å². The number of anilines is 1. The van der Waals surface area contributed by atoms with Crippen molar-refractivity contribution in [1.29, 1.82) is 0 Å². The lowest BCUT2D eigenvalue weighted by Gasteiger charge is -2.33. The topological polar surface area (TPSA) is 86.8 Å². The molecule has 0 heterocycles. The number of nitrogens with one attached hydrogen (secondary N) is 1. The van der Waals surface area contributed by atoms with Crippen LogP contribution in [0.4, 0.5) is 5.69 Å². The minimum absolute atomic E-state index is 0.106. The lowest BCUT2D eigenvalue weighted by molar-refractivity contribution is -0.139. The number of nitrogens with zero attached hydrogens (tertiary/aromatic N) is 2. The standard InChI is InChI=1S/C27H29BrClN3O4S/c1-19-12-13-23(29)16-24(19)32(37(3,35)36)18-26(33)31(17-21-10-7-11-22(28)14-21)25(27(34)30-2)15-20-8-5-4-6-9-20/h4-14,16,25H,15,17-18H2,1-3H3,(H,30,34)/t25-/m0/s1. The Labute approximate surface area is 231 Å². The Bertz CT molecular complexity index is 1370. The first-order valence-electron chi connectivity index (χ1n) is 11.5. The Kier molecular flexibility index (Phi) is 9.75. The Morgan fingerprint density at radius 1 is 1.00 bits per heavy atom. The molecule has 10 heteroatoms. The highest BCUT2D eigenvalue weighted by Gasteiger charge is 2.33. The summed E-state index contributed by atoms with van der Waals surface area (Å²) in [5, 5.41) is 3.01. The number of aryl methyl sites for hydroxylation is 1. The molecule has 0 spiro atoms. The van der Waals surface area contributed by atoms with E-state index >= 15 is 0 Å². The van der Waals surface area contributed by atoms with Crippen molar-refractivity contribution in [2.24, 2.45) is 0 Å². The van der Waals surface area contributed by atoms with Gasteiger partial charge in [-0.05, 0) is 47.9 Å². The van der Waals surface area contributed by atoms with Crippen LogP contribution in [0.5, 0.6) is 0 Å². The minimum Gasteiger partial charge on any atom is -0.357 e. The number of carbonyl (C=O) groups is 2. The predicted octanol–water partition coefficient (Wildman–Crippen LogP) is 4.56. The van der Waals surface area contributed by atoms with E-state index < -0.39 is 28.5 Å². The number of hydrogen-bond donors (Lipinski definition) is 1. The molecule has 0 aromatic heterocycles. The summed E-state index contributed by atoms with van der Waals surface area (Å²) in [5.74, 6) is -0.869. The smallest absolute Gasteiger partial charge is 0.244 e. The molecule has 196 valence electrons. The summed E-state index contributed by atoms with van der Waals surface area (Å²) in [6.45, 7) is 1.36. The number of hydrogen-bond acceptors (Lipinski definition) is 4. The van der Waals surface area contributed by atoms with Gasteiger partial charge in [0.1, 0.15) is 12.6 Å². The van der Waals surface area contributed by atoms with E-state index in [9.17, 15) is 18.0 Å². The molecule has 0 bridgehead atoms. The zero-order chi connectivity index (χ0) is 27.2. The van der Waals surface area contributed by atoms with Crippen LogP contribution in [0.1, 0.15) is 16.7 Å². The van der Waals surface area contributed by atoms with Crippen LogP contribution >= 0.6 is 27.5 Å². The van der Waals surface area contributed by atoms with Crippen molar-refractivity contribution < 1.29 is 18.0 Å². The van der Waals surface area contributed by atoms with Gasteiger partial charge in [0.05, 0.1) is 11.9 Å². The minimum atomic E-state index is -3.86. The molecule has 0 aliphatic heterocycles. The van der Waals surface area contributed by atoms with Crippen LogP contribution in [0.15, 0.2) is 77.3 Å². The fourth-order valence-electron chi connectivity index (χ4n) is 4.00. The molecule has 3 rings (SSSR count). The molecule has 0 saturated heterocycles. The fourth-order valence-corrected chi connectivity index (χ4v) is 5.51. The van der Waals surface area contributed by atoms with Gasteiger partial charge in [0.2, 0.25) is 21.8 Å². The van der Waals surface area contributed by atoms with Gasteiger partial charge in [-0.1, -0.05) is 76.1 Å². The van der Waals surface area contributed by atoms with E-state index in [1.54, 1.807) is 19.1 Å². The molecule has 37 heavy (non-hydrogen) atoms. The van der Waals surface area contributed by atoms with Gasteiger partial charge in [-0.15, -0.1) is 0 Å². The van der Waals surface area contributed by atoms with Crippen molar-refractivity contribution in [2.45, 2.75) is 25.9 Å². The molecule has 0 unspecified atom stereocenters. The SMILES string of the molecule is CNC(=O)[C@H](Cc1ccccc1)N(Cc1cccc(Br)c1)C(=O)CN(c1cc(Cl)ccc1C)S(C)(=O)=O. The third kappa shape index (κ3) is 7.80. The maximum absolute atomic E-state index is 13.9. The molecule has 0 aliphatic rings. The molecular formula is C27H29BrClN3O4S. The largest absolute Gasteiger partial charge is 0.357 e.